The van der Waals surface area contributed by atoms with Crippen molar-refractivity contribution in [3.63, 3.8) is 0 Å². The van der Waals surface area contributed by atoms with Crippen molar-refractivity contribution in [2.45, 2.75) is 44.4 Å². The number of benzene rings is 1. The minimum atomic E-state index is -0.445. The van der Waals surface area contributed by atoms with Gasteiger partial charge in [0.2, 0.25) is 0 Å². The summed E-state index contributed by atoms with van der Waals surface area (Å²) in [6.45, 7) is 2.17. The molecule has 170 valence electrons. The van der Waals surface area contributed by atoms with Crippen LogP contribution >= 0.6 is 0 Å². The van der Waals surface area contributed by atoms with E-state index in [0.717, 1.165) is 11.1 Å². The molecule has 0 spiro atoms. The van der Waals surface area contributed by atoms with Crippen molar-refractivity contribution >= 4 is 17.4 Å². The average molecular weight is 445 g/mol. The third-order valence-electron chi connectivity index (χ3n) is 6.62. The number of hydrogen-bond acceptors (Lipinski definition) is 7. The molecule has 1 saturated carbocycles. The molecule has 1 saturated heterocycles. The second kappa shape index (κ2) is 8.88. The first-order valence-corrected chi connectivity index (χ1v) is 11.4. The smallest absolute Gasteiger partial charge is 0.278 e. The molecular formula is C25H28N6O2. The Bertz CT molecular complexity index is 1150. The van der Waals surface area contributed by atoms with E-state index in [4.69, 9.17) is 16.2 Å². The van der Waals surface area contributed by atoms with Gasteiger partial charge in [-0.2, -0.15) is 0 Å². The Labute approximate surface area is 192 Å². The van der Waals surface area contributed by atoms with Crippen LogP contribution in [-0.4, -0.2) is 33.0 Å². The number of aromatic nitrogens is 3. The minimum Gasteiger partial charge on any atom is -0.382 e. The van der Waals surface area contributed by atoms with Crippen LogP contribution in [0.5, 0.6) is 0 Å². The summed E-state index contributed by atoms with van der Waals surface area (Å²) in [7, 11) is 0. The average Bonchev–Trinajstić information content (AvgIpc) is 3.67. The third-order valence-corrected chi connectivity index (χ3v) is 6.62. The van der Waals surface area contributed by atoms with Crippen molar-refractivity contribution in [3.8, 4) is 11.3 Å². The van der Waals surface area contributed by atoms with Crippen molar-refractivity contribution < 1.29 is 9.53 Å². The van der Waals surface area contributed by atoms with E-state index in [2.05, 4.69) is 27.2 Å². The number of ether oxygens (including phenoxy) is 1. The molecule has 0 radical (unpaired) electrons. The van der Waals surface area contributed by atoms with Crippen molar-refractivity contribution in [2.24, 2.45) is 17.6 Å². The highest BCUT2D eigenvalue weighted by molar-refractivity contribution is 6.06. The van der Waals surface area contributed by atoms with Gasteiger partial charge in [-0.25, -0.2) is 9.97 Å². The van der Waals surface area contributed by atoms with Crippen LogP contribution in [0.4, 0.5) is 11.5 Å². The summed E-state index contributed by atoms with van der Waals surface area (Å²) in [5.74, 6) is 0.504. The number of nitrogens with one attached hydrogen (secondary N) is 1. The topological polar surface area (TPSA) is 129 Å². The number of anilines is 2. The third kappa shape index (κ3) is 4.44. The molecule has 33 heavy (non-hydrogen) atoms. The molecule has 2 fully saturated rings. The lowest BCUT2D eigenvalue weighted by molar-refractivity contribution is -0.0988. The second-order valence-electron chi connectivity index (χ2n) is 8.96. The molecular weight excluding hydrogens is 416 g/mol. The van der Waals surface area contributed by atoms with Crippen molar-refractivity contribution in [1.82, 2.24) is 15.0 Å². The fraction of sp³-hybridized carbons (Fsp3) is 0.360. The molecule has 0 bridgehead atoms. The number of nitrogen functional groups attached to an aromatic ring is 1. The van der Waals surface area contributed by atoms with Gasteiger partial charge in [0, 0.05) is 23.4 Å². The molecule has 8 heteroatoms. The van der Waals surface area contributed by atoms with Gasteiger partial charge >= 0.3 is 0 Å². The fourth-order valence-corrected chi connectivity index (χ4v) is 4.53. The standard InChI is InChI=1S/C25H28N6O2/c1-14-18(26)11-21(33-23(14)16-7-8-16)17-9-10-28-12-20(17)31-25(32)22-24(27)29-13-19(30-22)15-5-3-2-4-6-15/h2-6,9-10,12-14,16,18,21,23H,7-8,11,26H2,1H3,(H2,27,29)(H,31,32)/t14-,18-,21-,23+/m1/s1. The molecule has 1 amide bonds. The van der Waals surface area contributed by atoms with Gasteiger partial charge in [0.15, 0.2) is 11.5 Å². The Hall–Kier alpha value is -3.36. The summed E-state index contributed by atoms with van der Waals surface area (Å²) in [4.78, 5) is 26.0. The van der Waals surface area contributed by atoms with Crippen LogP contribution in [0.25, 0.3) is 11.3 Å². The molecule has 0 unspecified atom stereocenters. The summed E-state index contributed by atoms with van der Waals surface area (Å²) in [5.41, 5.74) is 15.4. The van der Waals surface area contributed by atoms with Gasteiger partial charge in [0.05, 0.1) is 36.0 Å². The number of carbonyl (C=O) groups is 1. The predicted molar refractivity (Wildman–Crippen MR) is 126 cm³/mol. The lowest BCUT2D eigenvalue weighted by atomic mass is 9.84. The van der Waals surface area contributed by atoms with E-state index in [-0.39, 0.29) is 29.8 Å². The number of hydrogen-bond donors (Lipinski definition) is 3. The molecule has 5 rings (SSSR count). The van der Waals surface area contributed by atoms with Crippen molar-refractivity contribution in [2.75, 3.05) is 11.1 Å². The zero-order valence-corrected chi connectivity index (χ0v) is 18.5. The lowest BCUT2D eigenvalue weighted by Crippen LogP contribution is -2.45. The summed E-state index contributed by atoms with van der Waals surface area (Å²) >= 11 is 0. The van der Waals surface area contributed by atoms with Crippen LogP contribution in [-0.2, 0) is 4.74 Å². The van der Waals surface area contributed by atoms with E-state index in [1.54, 1.807) is 18.6 Å². The molecule has 1 aliphatic heterocycles. The van der Waals surface area contributed by atoms with Crippen LogP contribution < -0.4 is 16.8 Å². The molecule has 2 aromatic heterocycles. The monoisotopic (exact) mass is 444 g/mol. The maximum Gasteiger partial charge on any atom is 0.278 e. The second-order valence-corrected chi connectivity index (χ2v) is 8.96. The Balaban J connectivity index is 1.40. The Morgan fingerprint density at radius 1 is 1.15 bits per heavy atom. The largest absolute Gasteiger partial charge is 0.382 e. The maximum absolute atomic E-state index is 13.2. The summed E-state index contributed by atoms with van der Waals surface area (Å²) in [5, 5.41) is 2.92. The summed E-state index contributed by atoms with van der Waals surface area (Å²) in [6.07, 6.45) is 7.87. The number of pyridine rings is 1. The minimum absolute atomic E-state index is 0.0372. The number of amides is 1. The highest BCUT2D eigenvalue weighted by Crippen LogP contribution is 2.45. The Morgan fingerprint density at radius 2 is 1.94 bits per heavy atom. The van der Waals surface area contributed by atoms with E-state index >= 15 is 0 Å². The van der Waals surface area contributed by atoms with Crippen LogP contribution in [0.15, 0.2) is 55.0 Å². The first kappa shape index (κ1) is 21.5. The van der Waals surface area contributed by atoms with Crippen LogP contribution in [0.3, 0.4) is 0 Å². The van der Waals surface area contributed by atoms with Crippen LogP contribution in [0.2, 0.25) is 0 Å². The first-order chi connectivity index (χ1) is 16.0. The van der Waals surface area contributed by atoms with Crippen LogP contribution in [0, 0.1) is 11.8 Å². The van der Waals surface area contributed by atoms with Gasteiger partial charge in [0.25, 0.3) is 5.91 Å². The highest BCUT2D eigenvalue weighted by Gasteiger charge is 2.43. The molecule has 5 N–H and O–H groups in total. The highest BCUT2D eigenvalue weighted by atomic mass is 16.5. The number of carbonyl (C=O) groups excluding carboxylic acids is 1. The quantitative estimate of drug-likeness (QED) is 0.548. The molecule has 3 aromatic rings. The van der Waals surface area contributed by atoms with Gasteiger partial charge in [-0.05, 0) is 37.2 Å². The molecule has 1 aliphatic carbocycles. The molecule has 2 aliphatic rings. The van der Waals surface area contributed by atoms with Gasteiger partial charge in [-0.1, -0.05) is 37.3 Å². The summed E-state index contributed by atoms with van der Waals surface area (Å²) < 4.78 is 6.50. The van der Waals surface area contributed by atoms with Gasteiger partial charge < -0.3 is 21.5 Å². The molecule has 1 aromatic carbocycles. The van der Waals surface area contributed by atoms with Gasteiger partial charge in [0.1, 0.15) is 0 Å². The Morgan fingerprint density at radius 3 is 2.70 bits per heavy atom. The van der Waals surface area contributed by atoms with Gasteiger partial charge in [-0.3, -0.25) is 9.78 Å². The SMILES string of the molecule is C[C@@H]1[C@H](N)C[C@H](c2ccncc2NC(=O)c2nc(-c3ccccc3)cnc2N)O[C@@H]1C1CC1. The first-order valence-electron chi connectivity index (χ1n) is 11.4. The van der Waals surface area contributed by atoms with Gasteiger partial charge in [-0.15, -0.1) is 0 Å². The fourth-order valence-electron chi connectivity index (χ4n) is 4.53. The van der Waals surface area contributed by atoms with E-state index in [1.165, 1.54) is 12.8 Å². The normalized spacial score (nSPS) is 24.9. The zero-order chi connectivity index (χ0) is 22.9. The van der Waals surface area contributed by atoms with E-state index < -0.39 is 5.91 Å². The summed E-state index contributed by atoms with van der Waals surface area (Å²) in [6, 6.07) is 11.4. The lowest BCUT2D eigenvalue weighted by Gasteiger charge is -2.40. The van der Waals surface area contributed by atoms with Crippen molar-refractivity contribution in [3.05, 3.63) is 66.2 Å². The van der Waals surface area contributed by atoms with E-state index in [0.29, 0.717) is 29.6 Å². The molecule has 4 atom stereocenters. The predicted octanol–water partition coefficient (Wildman–Crippen LogP) is 3.58. The number of nitrogens with zero attached hydrogens (tertiary/aromatic N) is 3. The maximum atomic E-state index is 13.2. The number of rotatable bonds is 5. The molecule has 3 heterocycles. The molecule has 8 nitrogen and oxygen atoms in total. The van der Waals surface area contributed by atoms with Crippen molar-refractivity contribution in [1.29, 1.82) is 0 Å². The van der Waals surface area contributed by atoms with E-state index in [1.807, 2.05) is 36.4 Å². The van der Waals surface area contributed by atoms with E-state index in [9.17, 15) is 4.79 Å². The number of nitrogens with two attached hydrogens (primary N) is 2. The Kier molecular flexibility index (Phi) is 5.78. The van der Waals surface area contributed by atoms with Crippen LogP contribution in [0.1, 0.15) is 48.3 Å². The zero-order valence-electron chi connectivity index (χ0n) is 18.5.